The average molecular weight is 290 g/mol. The van der Waals surface area contributed by atoms with Crippen LogP contribution < -0.4 is 10.6 Å². The van der Waals surface area contributed by atoms with Crippen LogP contribution in [0.3, 0.4) is 0 Å². The Labute approximate surface area is 129 Å². The van der Waals surface area contributed by atoms with Gasteiger partial charge in [-0.2, -0.15) is 0 Å². The number of anilines is 2. The van der Waals surface area contributed by atoms with E-state index in [0.29, 0.717) is 5.92 Å². The Kier molecular flexibility index (Phi) is 5.07. The molecular weight excluding hydrogens is 260 g/mol. The van der Waals surface area contributed by atoms with E-state index < -0.39 is 0 Å². The molecule has 4 nitrogen and oxygen atoms in total. The molecule has 1 saturated carbocycles. The van der Waals surface area contributed by atoms with Crippen molar-refractivity contribution in [1.29, 1.82) is 0 Å². The van der Waals surface area contributed by atoms with Crippen LogP contribution in [0, 0.1) is 6.92 Å². The Morgan fingerprint density at radius 2 is 1.71 bits per heavy atom. The number of rotatable bonds is 8. The molecule has 21 heavy (non-hydrogen) atoms. The summed E-state index contributed by atoms with van der Waals surface area (Å²) in [5.74, 6) is 3.60. The van der Waals surface area contributed by atoms with Crippen LogP contribution >= 0.6 is 0 Å². The van der Waals surface area contributed by atoms with Gasteiger partial charge in [-0.25, -0.2) is 9.97 Å². The zero-order valence-corrected chi connectivity index (χ0v) is 14.2. The minimum Gasteiger partial charge on any atom is -0.370 e. The molecular formula is C17H30N4. The van der Waals surface area contributed by atoms with Crippen LogP contribution in [-0.4, -0.2) is 22.1 Å². The van der Waals surface area contributed by atoms with Crippen molar-refractivity contribution in [1.82, 2.24) is 9.97 Å². The lowest BCUT2D eigenvalue weighted by Gasteiger charge is -2.30. The monoisotopic (exact) mass is 290 g/mol. The van der Waals surface area contributed by atoms with Gasteiger partial charge in [0.15, 0.2) is 0 Å². The van der Waals surface area contributed by atoms with Crippen molar-refractivity contribution in [3.63, 3.8) is 0 Å². The maximum Gasteiger partial charge on any atom is 0.136 e. The molecule has 1 heterocycles. The van der Waals surface area contributed by atoms with Gasteiger partial charge in [0.05, 0.1) is 0 Å². The van der Waals surface area contributed by atoms with E-state index in [9.17, 15) is 0 Å². The fraction of sp³-hybridized carbons (Fsp3) is 0.765. The molecule has 0 spiro atoms. The second-order valence-corrected chi connectivity index (χ2v) is 6.50. The fourth-order valence-corrected chi connectivity index (χ4v) is 2.31. The number of nitrogens with one attached hydrogen (secondary N) is 2. The lowest BCUT2D eigenvalue weighted by molar-refractivity contribution is 0.476. The van der Waals surface area contributed by atoms with Crippen molar-refractivity contribution < 1.29 is 0 Å². The molecule has 2 rings (SSSR count). The van der Waals surface area contributed by atoms with E-state index >= 15 is 0 Å². The minimum atomic E-state index is 0.0992. The number of aromatic nitrogens is 2. The molecule has 1 aromatic heterocycles. The highest BCUT2D eigenvalue weighted by molar-refractivity contribution is 5.58. The largest absolute Gasteiger partial charge is 0.370 e. The van der Waals surface area contributed by atoms with Crippen LogP contribution in [-0.2, 0) is 0 Å². The molecule has 0 bridgehead atoms. The van der Waals surface area contributed by atoms with Gasteiger partial charge in [0.1, 0.15) is 17.5 Å². The molecule has 1 aromatic rings. The zero-order valence-electron chi connectivity index (χ0n) is 14.2. The molecule has 0 radical (unpaired) electrons. The Hall–Kier alpha value is -1.32. The highest BCUT2D eigenvalue weighted by Gasteiger charge is 2.29. The predicted octanol–water partition coefficient (Wildman–Crippen LogP) is 4.47. The third kappa shape index (κ3) is 3.86. The van der Waals surface area contributed by atoms with Gasteiger partial charge in [-0.3, -0.25) is 0 Å². The Bertz CT molecular complexity index is 476. The topological polar surface area (TPSA) is 49.8 Å². The van der Waals surface area contributed by atoms with E-state index in [1.807, 2.05) is 0 Å². The quantitative estimate of drug-likeness (QED) is 0.741. The molecule has 1 aliphatic carbocycles. The summed E-state index contributed by atoms with van der Waals surface area (Å²) in [6.07, 6.45) is 5.74. The first-order chi connectivity index (χ1) is 10.0. The summed E-state index contributed by atoms with van der Waals surface area (Å²) in [7, 11) is 0. The van der Waals surface area contributed by atoms with Crippen LogP contribution in [0.25, 0.3) is 0 Å². The van der Waals surface area contributed by atoms with Gasteiger partial charge in [0.25, 0.3) is 0 Å². The number of nitrogens with zero attached hydrogens (tertiary/aromatic N) is 2. The molecule has 1 aliphatic rings. The summed E-state index contributed by atoms with van der Waals surface area (Å²) >= 11 is 0. The maximum atomic E-state index is 4.82. The first kappa shape index (κ1) is 16.1. The summed E-state index contributed by atoms with van der Waals surface area (Å²) in [5.41, 5.74) is 1.24. The van der Waals surface area contributed by atoms with Gasteiger partial charge < -0.3 is 10.6 Å². The molecule has 0 saturated heterocycles. The van der Waals surface area contributed by atoms with Crippen molar-refractivity contribution in [3.05, 3.63) is 11.4 Å². The third-order valence-corrected chi connectivity index (χ3v) is 4.63. The summed E-state index contributed by atoms with van der Waals surface area (Å²) in [5, 5.41) is 7.13. The van der Waals surface area contributed by atoms with Gasteiger partial charge >= 0.3 is 0 Å². The first-order valence-electron chi connectivity index (χ1n) is 8.43. The van der Waals surface area contributed by atoms with E-state index in [1.165, 1.54) is 12.8 Å². The normalized spacial score (nSPS) is 15.1. The van der Waals surface area contributed by atoms with E-state index in [-0.39, 0.29) is 5.54 Å². The molecule has 0 atom stereocenters. The summed E-state index contributed by atoms with van der Waals surface area (Å²) < 4.78 is 0. The molecule has 0 aliphatic heterocycles. The Morgan fingerprint density at radius 3 is 2.24 bits per heavy atom. The summed E-state index contributed by atoms with van der Waals surface area (Å²) in [6.45, 7) is 12.0. The third-order valence-electron chi connectivity index (χ3n) is 4.63. The molecule has 2 N–H and O–H groups in total. The smallest absolute Gasteiger partial charge is 0.136 e. The van der Waals surface area contributed by atoms with Crippen LogP contribution in [0.4, 0.5) is 11.6 Å². The fourth-order valence-electron chi connectivity index (χ4n) is 2.31. The zero-order chi connectivity index (χ0) is 15.5. The van der Waals surface area contributed by atoms with E-state index in [1.54, 1.807) is 0 Å². The average Bonchev–Trinajstić information content (AvgIpc) is 3.32. The molecule has 4 heteroatoms. The van der Waals surface area contributed by atoms with Gasteiger partial charge in [0.2, 0.25) is 0 Å². The highest BCUT2D eigenvalue weighted by Crippen LogP contribution is 2.40. The molecule has 0 amide bonds. The van der Waals surface area contributed by atoms with Crippen LogP contribution in [0.5, 0.6) is 0 Å². The standard InChI is InChI=1S/C17H30N4/c1-6-11-18-14-12(4)15(21-17(5,7-2)8-3)20-16(19-14)13-9-10-13/h13H,6-11H2,1-5H3,(H2,18,19,20,21). The molecule has 118 valence electrons. The number of hydrogen-bond acceptors (Lipinski definition) is 4. The lowest BCUT2D eigenvalue weighted by Crippen LogP contribution is -2.34. The van der Waals surface area contributed by atoms with Crippen LogP contribution in [0.1, 0.15) is 77.1 Å². The van der Waals surface area contributed by atoms with Gasteiger partial charge in [0, 0.05) is 23.6 Å². The SMILES string of the molecule is CCCNc1nc(C2CC2)nc(NC(C)(CC)CC)c1C. The van der Waals surface area contributed by atoms with Gasteiger partial charge in [-0.1, -0.05) is 20.8 Å². The van der Waals surface area contributed by atoms with E-state index in [0.717, 1.165) is 48.8 Å². The maximum absolute atomic E-state index is 4.82. The summed E-state index contributed by atoms with van der Waals surface area (Å²) in [4.78, 5) is 9.57. The second-order valence-electron chi connectivity index (χ2n) is 6.50. The van der Waals surface area contributed by atoms with Gasteiger partial charge in [-0.15, -0.1) is 0 Å². The van der Waals surface area contributed by atoms with Crippen molar-refractivity contribution in [2.75, 3.05) is 17.2 Å². The van der Waals surface area contributed by atoms with Crippen molar-refractivity contribution in [2.45, 2.75) is 78.2 Å². The van der Waals surface area contributed by atoms with Crippen LogP contribution in [0.15, 0.2) is 0 Å². The van der Waals surface area contributed by atoms with Crippen molar-refractivity contribution in [3.8, 4) is 0 Å². The van der Waals surface area contributed by atoms with Crippen LogP contribution in [0.2, 0.25) is 0 Å². The van der Waals surface area contributed by atoms with Crippen molar-refractivity contribution >= 4 is 11.6 Å². The molecule has 1 fully saturated rings. The van der Waals surface area contributed by atoms with Crippen molar-refractivity contribution in [2.24, 2.45) is 0 Å². The van der Waals surface area contributed by atoms with E-state index in [4.69, 9.17) is 9.97 Å². The second kappa shape index (κ2) is 6.63. The minimum absolute atomic E-state index is 0.0992. The van der Waals surface area contributed by atoms with Gasteiger partial charge in [-0.05, 0) is 46.0 Å². The first-order valence-corrected chi connectivity index (χ1v) is 8.43. The predicted molar refractivity (Wildman–Crippen MR) is 90.1 cm³/mol. The highest BCUT2D eigenvalue weighted by atomic mass is 15.1. The molecule has 0 aromatic carbocycles. The molecule has 0 unspecified atom stereocenters. The Morgan fingerprint density at radius 1 is 1.10 bits per heavy atom. The Balaban J connectivity index is 2.31. The lowest BCUT2D eigenvalue weighted by atomic mass is 9.95. The number of hydrogen-bond donors (Lipinski definition) is 2. The summed E-state index contributed by atoms with van der Waals surface area (Å²) in [6, 6.07) is 0. The van der Waals surface area contributed by atoms with E-state index in [2.05, 4.69) is 45.3 Å².